The summed E-state index contributed by atoms with van der Waals surface area (Å²) in [5.41, 5.74) is 2.58. The van der Waals surface area contributed by atoms with Gasteiger partial charge < -0.3 is 33.2 Å². The molecule has 2 amide bonds. The first kappa shape index (κ1) is 31.8. The molecule has 49 heavy (non-hydrogen) atoms. The van der Waals surface area contributed by atoms with E-state index in [1.54, 1.807) is 28.8 Å². The molecule has 0 aliphatic carbocycles. The number of imide groups is 1. The Morgan fingerprint density at radius 3 is 1.96 bits per heavy atom. The molecule has 0 spiro atoms. The van der Waals surface area contributed by atoms with Crippen LogP contribution in [0.5, 0.6) is 0 Å². The van der Waals surface area contributed by atoms with E-state index in [0.29, 0.717) is 43.6 Å². The van der Waals surface area contributed by atoms with Crippen LogP contribution in [0.1, 0.15) is 54.6 Å². The summed E-state index contributed by atoms with van der Waals surface area (Å²) < 4.78 is 30.8. The summed E-state index contributed by atoms with van der Waals surface area (Å²) in [6.07, 6.45) is -6.75. The van der Waals surface area contributed by atoms with Crippen LogP contribution < -0.4 is 0 Å². The number of amides is 2. The molecule has 7 rings (SSSR count). The lowest BCUT2D eigenvalue weighted by molar-refractivity contribution is -0.267. The van der Waals surface area contributed by atoms with Gasteiger partial charge in [0.05, 0.1) is 27.7 Å². The minimum Gasteiger partial charge on any atom is -0.463 e. The molecule has 0 saturated carbocycles. The summed E-state index contributed by atoms with van der Waals surface area (Å²) in [5, 5.41) is 2.24. The molecular weight excluding hydrogens is 638 g/mol. The lowest BCUT2D eigenvalue weighted by atomic mass is 9.96. The van der Waals surface area contributed by atoms with Crippen LogP contribution in [0.15, 0.2) is 48.5 Å². The summed E-state index contributed by atoms with van der Waals surface area (Å²) in [6, 6.07) is 14.5. The molecule has 1 N–H and O–H groups in total. The van der Waals surface area contributed by atoms with Crippen LogP contribution in [0.2, 0.25) is 0 Å². The van der Waals surface area contributed by atoms with E-state index in [4.69, 9.17) is 23.7 Å². The second-order valence-corrected chi connectivity index (χ2v) is 12.0. The fraction of sp³-hybridized carbons (Fsp3) is 0.314. The van der Waals surface area contributed by atoms with Crippen molar-refractivity contribution < 1.29 is 52.5 Å². The zero-order valence-corrected chi connectivity index (χ0v) is 27.1. The lowest BCUT2D eigenvalue weighted by Crippen LogP contribution is -2.60. The molecule has 5 aromatic rings. The maximum atomic E-state index is 13.9. The van der Waals surface area contributed by atoms with E-state index in [1.165, 1.54) is 20.9 Å². The number of nitrogens with one attached hydrogen (secondary N) is 1. The van der Waals surface area contributed by atoms with Gasteiger partial charge in [-0.1, -0.05) is 36.4 Å². The minimum absolute atomic E-state index is 0.195. The first-order chi connectivity index (χ1) is 23.4. The van der Waals surface area contributed by atoms with Crippen molar-refractivity contribution in [1.82, 2.24) is 14.5 Å². The van der Waals surface area contributed by atoms with Crippen molar-refractivity contribution in [3.63, 3.8) is 0 Å². The highest BCUT2D eigenvalue weighted by molar-refractivity contribution is 6.39. The molecule has 4 heterocycles. The fourth-order valence-electron chi connectivity index (χ4n) is 7.12. The lowest BCUT2D eigenvalue weighted by Gasteiger charge is -2.45. The zero-order chi connectivity index (χ0) is 34.9. The van der Waals surface area contributed by atoms with Crippen LogP contribution in [-0.4, -0.2) is 88.2 Å². The number of H-pyrrole nitrogens is 1. The SMILES string of the molecule is CC(=O)OCC1O[C@H](n2c3ccccc3c3c4c(c5c6ccccc6[nH]c5c32)C(=O)N(C)C4=O)C(OC(C)=O)C(OC(C)=O)[C@H]1OC(C)=O. The van der Waals surface area contributed by atoms with Gasteiger partial charge in [0.25, 0.3) is 11.8 Å². The molecule has 14 heteroatoms. The molecule has 14 nitrogen and oxygen atoms in total. The third-order valence-electron chi connectivity index (χ3n) is 8.86. The van der Waals surface area contributed by atoms with Crippen molar-refractivity contribution in [3.8, 4) is 0 Å². The minimum atomic E-state index is -1.43. The second-order valence-electron chi connectivity index (χ2n) is 12.0. The number of hydrogen-bond acceptors (Lipinski definition) is 11. The largest absolute Gasteiger partial charge is 0.463 e. The number of aromatic nitrogens is 2. The van der Waals surface area contributed by atoms with Crippen LogP contribution in [0.3, 0.4) is 0 Å². The number of para-hydroxylation sites is 2. The quantitative estimate of drug-likeness (QED) is 0.158. The third kappa shape index (κ3) is 4.98. The number of hydrogen-bond donors (Lipinski definition) is 1. The number of aromatic amines is 1. The summed E-state index contributed by atoms with van der Waals surface area (Å²) in [5.74, 6) is -3.88. The molecular formula is C35H31N3O11. The van der Waals surface area contributed by atoms with Gasteiger partial charge in [0.1, 0.15) is 12.7 Å². The Bertz CT molecular complexity index is 2270. The summed E-state index contributed by atoms with van der Waals surface area (Å²) in [6.45, 7) is 4.25. The third-order valence-corrected chi connectivity index (χ3v) is 8.86. The van der Waals surface area contributed by atoms with E-state index in [1.807, 2.05) is 24.3 Å². The molecule has 0 radical (unpaired) electrons. The van der Waals surface area contributed by atoms with Gasteiger partial charge in [-0.25, -0.2) is 0 Å². The topological polar surface area (TPSA) is 173 Å². The van der Waals surface area contributed by atoms with Gasteiger partial charge in [0.15, 0.2) is 24.5 Å². The molecule has 0 bridgehead atoms. The van der Waals surface area contributed by atoms with E-state index in [2.05, 4.69) is 4.98 Å². The van der Waals surface area contributed by atoms with Crippen molar-refractivity contribution in [3.05, 3.63) is 59.7 Å². The first-order valence-electron chi connectivity index (χ1n) is 15.5. The number of carbonyl (C=O) groups excluding carboxylic acids is 6. The number of rotatable bonds is 6. The Morgan fingerprint density at radius 1 is 0.735 bits per heavy atom. The monoisotopic (exact) mass is 669 g/mol. The van der Waals surface area contributed by atoms with Crippen molar-refractivity contribution in [2.24, 2.45) is 0 Å². The van der Waals surface area contributed by atoms with Gasteiger partial charge in [0.2, 0.25) is 0 Å². The summed E-state index contributed by atoms with van der Waals surface area (Å²) >= 11 is 0. The average Bonchev–Trinajstić information content (AvgIpc) is 3.66. The van der Waals surface area contributed by atoms with Gasteiger partial charge in [-0.15, -0.1) is 0 Å². The Labute approximate surface area is 277 Å². The Morgan fingerprint density at radius 2 is 1.31 bits per heavy atom. The van der Waals surface area contributed by atoms with Gasteiger partial charge in [-0.2, -0.15) is 0 Å². The summed E-state index contributed by atoms with van der Waals surface area (Å²) in [7, 11) is 1.43. The Hall–Kier alpha value is -5.76. The number of fused-ring (bicyclic) bond motifs is 10. The Balaban J connectivity index is 1.61. The van der Waals surface area contributed by atoms with E-state index < -0.39 is 72.9 Å². The smallest absolute Gasteiger partial charge is 0.303 e. The van der Waals surface area contributed by atoms with Crippen LogP contribution in [-0.2, 0) is 42.9 Å². The number of ether oxygens (including phenoxy) is 5. The number of carbonyl (C=O) groups is 6. The highest BCUT2D eigenvalue weighted by atomic mass is 16.7. The number of esters is 4. The molecule has 3 aromatic carbocycles. The molecule has 3 unspecified atom stereocenters. The van der Waals surface area contributed by atoms with Crippen molar-refractivity contribution in [2.45, 2.75) is 58.3 Å². The molecule has 2 aliphatic rings. The van der Waals surface area contributed by atoms with Crippen LogP contribution in [0, 0.1) is 0 Å². The number of nitrogens with zero attached hydrogens (tertiary/aromatic N) is 2. The van der Waals surface area contributed by atoms with Crippen LogP contribution >= 0.6 is 0 Å². The summed E-state index contributed by atoms with van der Waals surface area (Å²) in [4.78, 5) is 81.7. The molecule has 2 aliphatic heterocycles. The molecule has 5 atom stereocenters. The maximum absolute atomic E-state index is 13.9. The van der Waals surface area contributed by atoms with Crippen molar-refractivity contribution in [2.75, 3.05) is 13.7 Å². The molecule has 252 valence electrons. The van der Waals surface area contributed by atoms with Gasteiger partial charge in [-0.3, -0.25) is 33.7 Å². The predicted molar refractivity (Wildman–Crippen MR) is 172 cm³/mol. The maximum Gasteiger partial charge on any atom is 0.303 e. The van der Waals surface area contributed by atoms with E-state index in [-0.39, 0.29) is 11.1 Å². The van der Waals surface area contributed by atoms with E-state index >= 15 is 0 Å². The molecule has 1 fully saturated rings. The highest BCUT2D eigenvalue weighted by Gasteiger charge is 2.54. The second kappa shape index (κ2) is 11.7. The van der Waals surface area contributed by atoms with Gasteiger partial charge >= 0.3 is 23.9 Å². The van der Waals surface area contributed by atoms with E-state index in [0.717, 1.165) is 18.7 Å². The average molecular weight is 670 g/mol. The highest BCUT2D eigenvalue weighted by Crippen LogP contribution is 2.47. The van der Waals surface area contributed by atoms with Gasteiger partial charge in [-0.05, 0) is 12.1 Å². The molecule has 2 aromatic heterocycles. The van der Waals surface area contributed by atoms with E-state index in [9.17, 15) is 28.8 Å². The van der Waals surface area contributed by atoms with Crippen molar-refractivity contribution in [1.29, 1.82) is 0 Å². The molecule has 1 saturated heterocycles. The predicted octanol–water partition coefficient (Wildman–Crippen LogP) is 3.91. The zero-order valence-electron chi connectivity index (χ0n) is 27.1. The Kier molecular flexibility index (Phi) is 7.62. The van der Waals surface area contributed by atoms with Gasteiger partial charge in [0, 0.05) is 61.8 Å². The van der Waals surface area contributed by atoms with Crippen LogP contribution in [0.25, 0.3) is 43.6 Å². The standard InChI is InChI=1S/C35H31N3O11/c1-15(39)45-14-23-30(46-16(2)40)31(47-17(3)41)32(48-18(4)42)35(49-23)38-22-13-9-7-11-20(22)25-27-26(33(43)37(5)34(27)44)24-19-10-6-8-12-21(19)36-28(24)29(25)38/h6-13,23,30-32,35-36H,14H2,1-5H3/t23?,30-,31?,32?,35-/m0/s1. The number of benzene rings is 3. The van der Waals surface area contributed by atoms with Crippen LogP contribution in [0.4, 0.5) is 0 Å². The first-order valence-corrected chi connectivity index (χ1v) is 15.5. The van der Waals surface area contributed by atoms with Crippen molar-refractivity contribution >= 4 is 79.3 Å². The normalized spacial score (nSPS) is 22.1. The fourth-order valence-corrected chi connectivity index (χ4v) is 7.12.